The predicted molar refractivity (Wildman–Crippen MR) is 106 cm³/mol. The highest BCUT2D eigenvalue weighted by atomic mass is 32.1. The Morgan fingerprint density at radius 2 is 1.92 bits per heavy atom. The molecule has 0 unspecified atom stereocenters. The molecule has 1 saturated carbocycles. The molecule has 4 rings (SSSR count). The Bertz CT molecular complexity index is 747. The number of methoxy groups -OCH3 is 1. The Hall–Kier alpha value is -1.85. The van der Waals surface area contributed by atoms with Crippen LogP contribution in [0.2, 0.25) is 0 Å². The Kier molecular flexibility index (Phi) is 5.27. The van der Waals surface area contributed by atoms with Crippen molar-refractivity contribution in [3.8, 4) is 16.2 Å². The first kappa shape index (κ1) is 17.6. The summed E-state index contributed by atoms with van der Waals surface area (Å²) in [6, 6.07) is 12.7. The normalized spacial score (nSPS) is 18.1. The van der Waals surface area contributed by atoms with Gasteiger partial charge in [0.05, 0.1) is 7.11 Å². The zero-order valence-corrected chi connectivity index (χ0v) is 16.1. The van der Waals surface area contributed by atoms with Crippen molar-refractivity contribution >= 4 is 17.2 Å². The second-order valence-corrected chi connectivity index (χ2v) is 8.34. The van der Waals surface area contributed by atoms with Crippen LogP contribution >= 0.6 is 11.3 Å². The van der Waals surface area contributed by atoms with Crippen molar-refractivity contribution in [3.05, 3.63) is 41.3 Å². The van der Waals surface area contributed by atoms with Crippen molar-refractivity contribution in [3.63, 3.8) is 0 Å². The Morgan fingerprint density at radius 1 is 1.19 bits per heavy atom. The standard InChI is InChI=1S/C21H26N2O2S/c1-25-18-13-19(16-5-3-2-4-6-16)26-20(18)21(24)23-11-9-17(10-12-23)22-14-15-7-8-15/h2-6,13,15,17,22H,7-12,14H2,1H3. The maximum atomic E-state index is 13.0. The lowest BCUT2D eigenvalue weighted by Crippen LogP contribution is -2.45. The first-order valence-corrected chi connectivity index (χ1v) is 10.3. The second kappa shape index (κ2) is 7.80. The number of piperidine rings is 1. The smallest absolute Gasteiger partial charge is 0.267 e. The fourth-order valence-corrected chi connectivity index (χ4v) is 4.60. The van der Waals surface area contributed by atoms with Gasteiger partial charge in [0.25, 0.3) is 5.91 Å². The van der Waals surface area contributed by atoms with Gasteiger partial charge < -0.3 is 15.0 Å². The van der Waals surface area contributed by atoms with E-state index in [9.17, 15) is 4.79 Å². The van der Waals surface area contributed by atoms with Crippen molar-refractivity contribution in [2.24, 2.45) is 5.92 Å². The third-order valence-corrected chi connectivity index (χ3v) is 6.50. The number of nitrogens with zero attached hydrogens (tertiary/aromatic N) is 1. The minimum atomic E-state index is 0.106. The van der Waals surface area contributed by atoms with Crippen LogP contribution in [-0.4, -0.2) is 43.6 Å². The van der Waals surface area contributed by atoms with Crippen LogP contribution in [-0.2, 0) is 0 Å². The Morgan fingerprint density at radius 3 is 2.58 bits per heavy atom. The lowest BCUT2D eigenvalue weighted by Gasteiger charge is -2.32. The third-order valence-electron chi connectivity index (χ3n) is 5.34. The molecule has 26 heavy (non-hydrogen) atoms. The van der Waals surface area contributed by atoms with E-state index in [2.05, 4.69) is 17.4 Å². The number of likely N-dealkylation sites (tertiary alicyclic amines) is 1. The molecule has 1 aromatic heterocycles. The molecule has 2 heterocycles. The van der Waals surface area contributed by atoms with E-state index >= 15 is 0 Å². The van der Waals surface area contributed by atoms with Crippen molar-refractivity contribution in [2.45, 2.75) is 31.7 Å². The summed E-state index contributed by atoms with van der Waals surface area (Å²) in [4.78, 5) is 16.8. The van der Waals surface area contributed by atoms with Crippen LogP contribution in [0.4, 0.5) is 0 Å². The zero-order chi connectivity index (χ0) is 17.9. The summed E-state index contributed by atoms with van der Waals surface area (Å²) in [5.41, 5.74) is 1.12. The first-order valence-electron chi connectivity index (χ1n) is 9.50. The number of carbonyl (C=O) groups is 1. The van der Waals surface area contributed by atoms with Gasteiger partial charge in [0.15, 0.2) is 0 Å². The number of thiophene rings is 1. The molecule has 1 N–H and O–H groups in total. The molecule has 0 bridgehead atoms. The number of rotatable bonds is 6. The molecule has 1 amide bonds. The van der Waals surface area contributed by atoms with Gasteiger partial charge >= 0.3 is 0 Å². The van der Waals surface area contributed by atoms with Gasteiger partial charge in [-0.05, 0) is 49.8 Å². The predicted octanol–water partition coefficient (Wildman–Crippen LogP) is 4.03. The van der Waals surface area contributed by atoms with E-state index in [0.29, 0.717) is 11.8 Å². The number of amides is 1. The molecular formula is C21H26N2O2S. The first-order chi connectivity index (χ1) is 12.7. The topological polar surface area (TPSA) is 41.6 Å². The van der Waals surface area contributed by atoms with Gasteiger partial charge in [0.2, 0.25) is 0 Å². The summed E-state index contributed by atoms with van der Waals surface area (Å²) in [6.07, 6.45) is 4.84. The SMILES string of the molecule is COc1cc(-c2ccccc2)sc1C(=O)N1CCC(NCC2CC2)CC1. The molecule has 2 aromatic rings. The minimum Gasteiger partial charge on any atom is -0.495 e. The Labute approximate surface area is 159 Å². The number of hydrogen-bond acceptors (Lipinski definition) is 4. The molecule has 5 heteroatoms. The number of carbonyl (C=O) groups excluding carboxylic acids is 1. The quantitative estimate of drug-likeness (QED) is 0.835. The van der Waals surface area contributed by atoms with Crippen LogP contribution in [0.3, 0.4) is 0 Å². The van der Waals surface area contributed by atoms with E-state index in [1.165, 1.54) is 24.2 Å². The summed E-state index contributed by atoms with van der Waals surface area (Å²) in [7, 11) is 1.64. The largest absolute Gasteiger partial charge is 0.495 e. The minimum absolute atomic E-state index is 0.106. The van der Waals surface area contributed by atoms with E-state index in [1.54, 1.807) is 7.11 Å². The highest BCUT2D eigenvalue weighted by molar-refractivity contribution is 7.17. The number of nitrogens with one attached hydrogen (secondary N) is 1. The van der Waals surface area contributed by atoms with Gasteiger partial charge in [0, 0.05) is 24.0 Å². The molecule has 4 nitrogen and oxygen atoms in total. The molecule has 138 valence electrons. The molecule has 1 aliphatic heterocycles. The maximum absolute atomic E-state index is 13.0. The van der Waals surface area contributed by atoms with Crippen molar-refractivity contribution in [1.29, 1.82) is 0 Å². The van der Waals surface area contributed by atoms with E-state index in [4.69, 9.17) is 4.74 Å². The fourth-order valence-electron chi connectivity index (χ4n) is 3.51. The summed E-state index contributed by atoms with van der Waals surface area (Å²) in [5.74, 6) is 1.70. The molecule has 1 aromatic carbocycles. The molecule has 0 atom stereocenters. The van der Waals surface area contributed by atoms with Gasteiger partial charge in [-0.25, -0.2) is 0 Å². The monoisotopic (exact) mass is 370 g/mol. The molecule has 2 aliphatic rings. The number of benzene rings is 1. The average molecular weight is 371 g/mol. The van der Waals surface area contributed by atoms with Gasteiger partial charge in [-0.1, -0.05) is 30.3 Å². The van der Waals surface area contributed by atoms with Crippen LogP contribution in [0.25, 0.3) is 10.4 Å². The van der Waals surface area contributed by atoms with E-state index in [-0.39, 0.29) is 5.91 Å². The van der Waals surface area contributed by atoms with Gasteiger partial charge in [0.1, 0.15) is 10.6 Å². The van der Waals surface area contributed by atoms with Crippen LogP contribution in [0.5, 0.6) is 5.75 Å². The van der Waals surface area contributed by atoms with Crippen LogP contribution in [0.1, 0.15) is 35.4 Å². The summed E-state index contributed by atoms with van der Waals surface area (Å²) < 4.78 is 5.50. The van der Waals surface area contributed by atoms with Gasteiger partial charge in [-0.3, -0.25) is 4.79 Å². The lowest BCUT2D eigenvalue weighted by atomic mass is 10.0. The maximum Gasteiger partial charge on any atom is 0.267 e. The van der Waals surface area contributed by atoms with E-state index in [1.807, 2.05) is 29.2 Å². The molecule has 1 aliphatic carbocycles. The van der Waals surface area contributed by atoms with Crippen molar-refractivity contribution in [1.82, 2.24) is 10.2 Å². The molecule has 2 fully saturated rings. The van der Waals surface area contributed by atoms with Crippen LogP contribution < -0.4 is 10.1 Å². The molecular weight excluding hydrogens is 344 g/mol. The molecule has 0 spiro atoms. The highest BCUT2D eigenvalue weighted by Crippen LogP contribution is 2.37. The van der Waals surface area contributed by atoms with Crippen molar-refractivity contribution in [2.75, 3.05) is 26.7 Å². The number of ether oxygens (including phenoxy) is 1. The average Bonchev–Trinajstić information content (AvgIpc) is 3.43. The van der Waals surface area contributed by atoms with Crippen molar-refractivity contribution < 1.29 is 9.53 Å². The summed E-state index contributed by atoms with van der Waals surface area (Å²) in [5, 5.41) is 3.67. The van der Waals surface area contributed by atoms with E-state index in [0.717, 1.165) is 53.7 Å². The number of hydrogen-bond donors (Lipinski definition) is 1. The lowest BCUT2D eigenvalue weighted by molar-refractivity contribution is 0.0707. The molecule has 1 saturated heterocycles. The molecule has 0 radical (unpaired) electrons. The van der Waals surface area contributed by atoms with Gasteiger partial charge in [-0.15, -0.1) is 11.3 Å². The van der Waals surface area contributed by atoms with Crippen LogP contribution in [0, 0.1) is 5.92 Å². The summed E-state index contributed by atoms with van der Waals surface area (Å²) in [6.45, 7) is 2.80. The van der Waals surface area contributed by atoms with Gasteiger partial charge in [-0.2, -0.15) is 0 Å². The Balaban J connectivity index is 1.42. The second-order valence-electron chi connectivity index (χ2n) is 7.29. The van der Waals surface area contributed by atoms with Crippen LogP contribution in [0.15, 0.2) is 36.4 Å². The highest BCUT2D eigenvalue weighted by Gasteiger charge is 2.28. The third kappa shape index (κ3) is 3.94. The van der Waals surface area contributed by atoms with E-state index < -0.39 is 0 Å². The fraction of sp³-hybridized carbons (Fsp3) is 0.476. The summed E-state index contributed by atoms with van der Waals surface area (Å²) >= 11 is 1.53. The zero-order valence-electron chi connectivity index (χ0n) is 15.2.